The van der Waals surface area contributed by atoms with Gasteiger partial charge in [-0.2, -0.15) is 4.31 Å². The van der Waals surface area contributed by atoms with E-state index in [9.17, 15) is 16.8 Å². The van der Waals surface area contributed by atoms with E-state index in [2.05, 4.69) is 0 Å². The molecule has 3 aliphatic rings. The number of benzene rings is 1. The summed E-state index contributed by atoms with van der Waals surface area (Å²) in [6.07, 6.45) is 2.97. The smallest absolute Gasteiger partial charge is 0.243 e. The summed E-state index contributed by atoms with van der Waals surface area (Å²) in [4.78, 5) is 0.211. The molecule has 4 rings (SSSR count). The van der Waals surface area contributed by atoms with Gasteiger partial charge in [0.1, 0.15) is 0 Å². The molecule has 2 saturated heterocycles. The predicted molar refractivity (Wildman–Crippen MR) is 104 cm³/mol. The van der Waals surface area contributed by atoms with Crippen molar-refractivity contribution in [2.45, 2.75) is 36.7 Å². The number of fused-ring (bicyclic) bond motifs is 1. The summed E-state index contributed by atoms with van der Waals surface area (Å²) < 4.78 is 65.1. The highest BCUT2D eigenvalue weighted by molar-refractivity contribution is 7.92. The van der Waals surface area contributed by atoms with Crippen LogP contribution in [0.15, 0.2) is 23.1 Å². The molecule has 3 aliphatic heterocycles. The Morgan fingerprint density at radius 3 is 2.50 bits per heavy atom. The average molecular weight is 431 g/mol. The topological polar surface area (TPSA) is 93.2 Å². The first-order valence-corrected chi connectivity index (χ1v) is 12.8. The average Bonchev–Trinajstić information content (AvgIpc) is 3.13. The Labute approximate surface area is 166 Å². The Morgan fingerprint density at radius 2 is 1.79 bits per heavy atom. The SMILES string of the molecule is O=S(=O)(CC1CCCCO1)N1CCc2cc(S(=O)(=O)N3CCOCC3)ccc21. The molecule has 0 saturated carbocycles. The second-order valence-corrected chi connectivity index (χ2v) is 11.3. The maximum absolute atomic E-state index is 12.9. The van der Waals surface area contributed by atoms with Gasteiger partial charge < -0.3 is 9.47 Å². The second kappa shape index (κ2) is 7.91. The van der Waals surface area contributed by atoms with Crippen molar-refractivity contribution in [3.05, 3.63) is 23.8 Å². The van der Waals surface area contributed by atoms with E-state index in [1.807, 2.05) is 0 Å². The fourth-order valence-corrected chi connectivity index (χ4v) is 7.22. The molecule has 28 heavy (non-hydrogen) atoms. The summed E-state index contributed by atoms with van der Waals surface area (Å²) in [5, 5.41) is 0. The first-order chi connectivity index (χ1) is 13.4. The lowest BCUT2D eigenvalue weighted by atomic mass is 10.1. The highest BCUT2D eigenvalue weighted by Gasteiger charge is 2.34. The van der Waals surface area contributed by atoms with E-state index in [4.69, 9.17) is 9.47 Å². The number of hydrogen-bond acceptors (Lipinski definition) is 6. The zero-order valence-electron chi connectivity index (χ0n) is 15.7. The van der Waals surface area contributed by atoms with E-state index in [1.165, 1.54) is 14.7 Å². The van der Waals surface area contributed by atoms with Crippen LogP contribution in [0.2, 0.25) is 0 Å². The molecule has 0 spiro atoms. The van der Waals surface area contributed by atoms with E-state index in [0.29, 0.717) is 51.6 Å². The normalized spacial score (nSPS) is 24.3. The monoisotopic (exact) mass is 430 g/mol. The van der Waals surface area contributed by atoms with Gasteiger partial charge in [-0.05, 0) is 49.4 Å². The molecule has 1 aromatic rings. The Kier molecular flexibility index (Phi) is 5.67. The van der Waals surface area contributed by atoms with Crippen molar-refractivity contribution in [1.82, 2.24) is 4.31 Å². The third-order valence-electron chi connectivity index (χ3n) is 5.52. The quantitative estimate of drug-likeness (QED) is 0.691. The van der Waals surface area contributed by atoms with Crippen LogP contribution in [0.3, 0.4) is 0 Å². The van der Waals surface area contributed by atoms with Crippen molar-refractivity contribution in [1.29, 1.82) is 0 Å². The molecule has 2 fully saturated rings. The van der Waals surface area contributed by atoms with Crippen LogP contribution in [-0.4, -0.2) is 72.5 Å². The molecule has 0 amide bonds. The molecule has 10 heteroatoms. The van der Waals surface area contributed by atoms with Gasteiger partial charge in [0.15, 0.2) is 0 Å². The first-order valence-electron chi connectivity index (χ1n) is 9.71. The van der Waals surface area contributed by atoms with Gasteiger partial charge in [-0.25, -0.2) is 16.8 Å². The minimum Gasteiger partial charge on any atom is -0.379 e. The summed E-state index contributed by atoms with van der Waals surface area (Å²) in [5.41, 5.74) is 1.33. The van der Waals surface area contributed by atoms with Crippen LogP contribution in [0, 0.1) is 0 Å². The lowest BCUT2D eigenvalue weighted by Gasteiger charge is -2.27. The maximum atomic E-state index is 12.9. The Bertz CT molecular complexity index is 919. The number of nitrogens with zero attached hydrogens (tertiary/aromatic N) is 2. The summed E-state index contributed by atoms with van der Waals surface area (Å²) in [7, 11) is -7.10. The summed E-state index contributed by atoms with van der Waals surface area (Å²) >= 11 is 0. The van der Waals surface area contributed by atoms with E-state index in [0.717, 1.165) is 24.8 Å². The van der Waals surface area contributed by atoms with Crippen molar-refractivity contribution >= 4 is 25.7 Å². The molecular weight excluding hydrogens is 404 g/mol. The molecule has 1 aromatic carbocycles. The molecule has 0 bridgehead atoms. The summed E-state index contributed by atoms with van der Waals surface area (Å²) in [6.45, 7) is 2.40. The second-order valence-electron chi connectivity index (χ2n) is 7.40. The Morgan fingerprint density at radius 1 is 1.00 bits per heavy atom. The minimum atomic E-state index is -3.59. The fraction of sp³-hybridized carbons (Fsp3) is 0.667. The van der Waals surface area contributed by atoms with Crippen LogP contribution >= 0.6 is 0 Å². The van der Waals surface area contributed by atoms with Crippen LogP contribution in [0.25, 0.3) is 0 Å². The molecule has 0 aliphatic carbocycles. The maximum Gasteiger partial charge on any atom is 0.243 e. The van der Waals surface area contributed by atoms with Gasteiger partial charge in [-0.1, -0.05) is 0 Å². The number of sulfonamides is 2. The molecule has 0 radical (unpaired) electrons. The highest BCUT2D eigenvalue weighted by atomic mass is 32.2. The molecule has 3 heterocycles. The lowest BCUT2D eigenvalue weighted by Crippen LogP contribution is -2.40. The van der Waals surface area contributed by atoms with Gasteiger partial charge >= 0.3 is 0 Å². The van der Waals surface area contributed by atoms with E-state index in [-0.39, 0.29) is 16.8 Å². The van der Waals surface area contributed by atoms with Gasteiger partial charge in [0.2, 0.25) is 20.0 Å². The predicted octanol–water partition coefficient (Wildman–Crippen LogP) is 0.969. The van der Waals surface area contributed by atoms with Crippen LogP contribution in [0.4, 0.5) is 5.69 Å². The molecule has 156 valence electrons. The van der Waals surface area contributed by atoms with E-state index in [1.54, 1.807) is 12.1 Å². The molecular formula is C18H26N2O6S2. The van der Waals surface area contributed by atoms with Crippen molar-refractivity contribution in [2.75, 3.05) is 49.5 Å². The first kappa shape index (κ1) is 20.1. The van der Waals surface area contributed by atoms with Crippen molar-refractivity contribution in [3.63, 3.8) is 0 Å². The largest absolute Gasteiger partial charge is 0.379 e. The van der Waals surface area contributed by atoms with Crippen molar-refractivity contribution in [2.24, 2.45) is 0 Å². The number of rotatable bonds is 5. The number of anilines is 1. The third-order valence-corrected chi connectivity index (χ3v) is 9.26. The standard InChI is InChI=1S/C18H26N2O6S2/c21-27(22,14-16-3-1-2-10-26-16)20-7-6-15-13-17(4-5-18(15)20)28(23,24)19-8-11-25-12-9-19/h4-5,13,16H,1-3,6-12,14H2. The molecule has 1 unspecified atom stereocenters. The minimum absolute atomic E-state index is 0.0275. The molecule has 8 nitrogen and oxygen atoms in total. The van der Waals surface area contributed by atoms with Crippen LogP contribution in [0.1, 0.15) is 24.8 Å². The van der Waals surface area contributed by atoms with Gasteiger partial charge in [-0.3, -0.25) is 4.31 Å². The van der Waals surface area contributed by atoms with Crippen molar-refractivity contribution in [3.8, 4) is 0 Å². The molecule has 0 N–H and O–H groups in total. The van der Waals surface area contributed by atoms with Gasteiger partial charge in [0, 0.05) is 26.2 Å². The zero-order valence-corrected chi connectivity index (χ0v) is 17.4. The summed E-state index contributed by atoms with van der Waals surface area (Å²) in [5.74, 6) is -0.0275. The molecule has 0 aromatic heterocycles. The summed E-state index contributed by atoms with van der Waals surface area (Å²) in [6, 6.07) is 4.75. The van der Waals surface area contributed by atoms with Crippen LogP contribution < -0.4 is 4.31 Å². The van der Waals surface area contributed by atoms with Gasteiger partial charge in [0.05, 0.1) is 35.7 Å². The number of ether oxygens (including phenoxy) is 2. The van der Waals surface area contributed by atoms with Crippen LogP contribution in [0.5, 0.6) is 0 Å². The van der Waals surface area contributed by atoms with Gasteiger partial charge in [0.25, 0.3) is 0 Å². The third kappa shape index (κ3) is 3.93. The lowest BCUT2D eigenvalue weighted by molar-refractivity contribution is 0.0305. The van der Waals surface area contributed by atoms with E-state index < -0.39 is 20.0 Å². The van der Waals surface area contributed by atoms with Crippen LogP contribution in [-0.2, 0) is 35.9 Å². The Balaban J connectivity index is 1.54. The Hall–Kier alpha value is -1.20. The number of morpholine rings is 1. The number of hydrogen-bond donors (Lipinski definition) is 0. The van der Waals surface area contributed by atoms with Crippen molar-refractivity contribution < 1.29 is 26.3 Å². The molecule has 1 atom stereocenters. The zero-order chi connectivity index (χ0) is 19.8. The van der Waals surface area contributed by atoms with E-state index >= 15 is 0 Å². The highest BCUT2D eigenvalue weighted by Crippen LogP contribution is 2.34. The fourth-order valence-electron chi connectivity index (χ4n) is 4.00. The van der Waals surface area contributed by atoms with Gasteiger partial charge in [-0.15, -0.1) is 0 Å².